The normalized spacial score (nSPS) is 26.2. The van der Waals surface area contributed by atoms with Crippen molar-refractivity contribution >= 4 is 5.84 Å². The zero-order chi connectivity index (χ0) is 14.8. The molecule has 0 bridgehead atoms. The van der Waals surface area contributed by atoms with Crippen LogP contribution in [0.4, 0.5) is 4.39 Å². The molecule has 0 amide bonds. The van der Waals surface area contributed by atoms with E-state index in [9.17, 15) is 4.39 Å². The van der Waals surface area contributed by atoms with Crippen molar-refractivity contribution in [1.29, 1.82) is 0 Å². The van der Waals surface area contributed by atoms with Gasteiger partial charge in [0, 0.05) is 30.3 Å². The highest BCUT2D eigenvalue weighted by Crippen LogP contribution is 2.38. The van der Waals surface area contributed by atoms with Gasteiger partial charge in [-0.3, -0.25) is 0 Å². The maximum atomic E-state index is 14.0. The summed E-state index contributed by atoms with van der Waals surface area (Å²) in [6, 6.07) is 4.91. The van der Waals surface area contributed by atoms with E-state index in [1.807, 2.05) is 0 Å². The third kappa shape index (κ3) is 3.16. The molecule has 1 saturated heterocycles. The topological polar surface area (TPSA) is 79.9 Å². The Morgan fingerprint density at radius 3 is 2.90 bits per heavy atom. The van der Waals surface area contributed by atoms with Crippen molar-refractivity contribution in [1.82, 2.24) is 5.32 Å². The highest BCUT2D eigenvalue weighted by atomic mass is 19.1. The van der Waals surface area contributed by atoms with Crippen LogP contribution in [0.2, 0.25) is 0 Å². The average molecular weight is 293 g/mol. The van der Waals surface area contributed by atoms with Gasteiger partial charge in [0.2, 0.25) is 0 Å². The first kappa shape index (κ1) is 14.3. The first-order valence-electron chi connectivity index (χ1n) is 7.30. The second-order valence-electron chi connectivity index (χ2n) is 5.74. The molecule has 1 saturated carbocycles. The van der Waals surface area contributed by atoms with Gasteiger partial charge in [-0.05, 0) is 31.2 Å². The Morgan fingerprint density at radius 1 is 1.43 bits per heavy atom. The van der Waals surface area contributed by atoms with Crippen LogP contribution in [0.3, 0.4) is 0 Å². The van der Waals surface area contributed by atoms with E-state index in [-0.39, 0.29) is 17.8 Å². The molecule has 1 aliphatic heterocycles. The molecular weight excluding hydrogens is 273 g/mol. The van der Waals surface area contributed by atoms with E-state index in [1.54, 1.807) is 12.1 Å². The molecule has 3 rings (SSSR count). The summed E-state index contributed by atoms with van der Waals surface area (Å²) >= 11 is 0. The summed E-state index contributed by atoms with van der Waals surface area (Å²) < 4.78 is 19.8. The summed E-state index contributed by atoms with van der Waals surface area (Å²) in [5.74, 6) is 0.234. The van der Waals surface area contributed by atoms with Crippen LogP contribution >= 0.6 is 0 Å². The molecule has 1 heterocycles. The lowest BCUT2D eigenvalue weighted by Crippen LogP contribution is -2.37. The molecule has 2 aliphatic rings. The monoisotopic (exact) mass is 293 g/mol. The summed E-state index contributed by atoms with van der Waals surface area (Å²) in [7, 11) is 0. The van der Waals surface area contributed by atoms with Gasteiger partial charge in [0.05, 0.1) is 6.10 Å². The van der Waals surface area contributed by atoms with Crippen LogP contribution in [-0.2, 0) is 11.3 Å². The first-order chi connectivity index (χ1) is 10.2. The summed E-state index contributed by atoms with van der Waals surface area (Å²) in [4.78, 5) is 0. The fraction of sp³-hybridized carbons (Fsp3) is 0.533. The lowest BCUT2D eigenvalue weighted by molar-refractivity contribution is 0.0808. The second kappa shape index (κ2) is 5.99. The largest absolute Gasteiger partial charge is 0.409 e. The van der Waals surface area contributed by atoms with Crippen LogP contribution in [0.15, 0.2) is 23.4 Å². The number of hydrogen-bond donors (Lipinski definition) is 3. The molecular formula is C15H20FN3O2. The zero-order valence-electron chi connectivity index (χ0n) is 11.8. The Bertz CT molecular complexity index is 546. The van der Waals surface area contributed by atoms with Crippen molar-refractivity contribution in [3.8, 4) is 0 Å². The summed E-state index contributed by atoms with van der Waals surface area (Å²) in [5.41, 5.74) is 6.40. The highest BCUT2D eigenvalue weighted by molar-refractivity contribution is 5.97. The van der Waals surface area contributed by atoms with Gasteiger partial charge in [0.1, 0.15) is 5.82 Å². The Morgan fingerprint density at radius 2 is 2.24 bits per heavy atom. The molecule has 21 heavy (non-hydrogen) atoms. The van der Waals surface area contributed by atoms with Gasteiger partial charge in [-0.1, -0.05) is 17.3 Å². The summed E-state index contributed by atoms with van der Waals surface area (Å²) in [6.07, 6.45) is 3.74. The predicted molar refractivity (Wildman–Crippen MR) is 76.6 cm³/mol. The zero-order valence-corrected chi connectivity index (χ0v) is 11.8. The minimum Gasteiger partial charge on any atom is -0.409 e. The van der Waals surface area contributed by atoms with Crippen LogP contribution in [0.1, 0.15) is 30.4 Å². The Labute approximate surface area is 123 Å². The van der Waals surface area contributed by atoms with E-state index in [2.05, 4.69) is 10.5 Å². The number of rotatable bonds is 5. The molecule has 5 nitrogen and oxygen atoms in total. The van der Waals surface area contributed by atoms with Crippen LogP contribution in [0, 0.1) is 11.7 Å². The minimum atomic E-state index is -0.353. The van der Waals surface area contributed by atoms with E-state index < -0.39 is 0 Å². The standard InChI is InChI=1S/C15H20FN3O2/c16-12-7-10(15(17)19-20)3-4-11(12)8-18-13-5-6-21-14(13)9-1-2-9/h3-4,7,9,13-14,18,20H,1-2,5-6,8H2,(H2,17,19). The first-order valence-corrected chi connectivity index (χ1v) is 7.30. The Hall–Kier alpha value is -1.66. The van der Waals surface area contributed by atoms with Crippen molar-refractivity contribution < 1.29 is 14.3 Å². The maximum Gasteiger partial charge on any atom is 0.170 e. The molecule has 0 aromatic heterocycles. The number of hydrogen-bond acceptors (Lipinski definition) is 4. The second-order valence-corrected chi connectivity index (χ2v) is 5.74. The number of oxime groups is 1. The molecule has 1 aromatic rings. The van der Waals surface area contributed by atoms with E-state index >= 15 is 0 Å². The molecule has 6 heteroatoms. The molecule has 4 N–H and O–H groups in total. The fourth-order valence-corrected chi connectivity index (χ4v) is 2.87. The van der Waals surface area contributed by atoms with Crippen molar-refractivity contribution in [3.05, 3.63) is 35.1 Å². The lowest BCUT2D eigenvalue weighted by Gasteiger charge is -2.19. The fourth-order valence-electron chi connectivity index (χ4n) is 2.87. The predicted octanol–water partition coefficient (Wildman–Crippen LogP) is 1.58. The van der Waals surface area contributed by atoms with Crippen molar-refractivity contribution in [2.24, 2.45) is 16.8 Å². The molecule has 2 unspecified atom stereocenters. The molecule has 0 spiro atoms. The number of nitrogens with one attached hydrogen (secondary N) is 1. The van der Waals surface area contributed by atoms with Crippen molar-refractivity contribution in [2.45, 2.75) is 38.0 Å². The van der Waals surface area contributed by atoms with Gasteiger partial charge in [0.15, 0.2) is 5.84 Å². The molecule has 2 fully saturated rings. The number of nitrogens with two attached hydrogens (primary N) is 1. The average Bonchev–Trinajstić information content (AvgIpc) is 3.24. The van der Waals surface area contributed by atoms with Crippen LogP contribution in [-0.4, -0.2) is 29.8 Å². The number of nitrogens with zero attached hydrogens (tertiary/aromatic N) is 1. The van der Waals surface area contributed by atoms with Crippen molar-refractivity contribution in [2.75, 3.05) is 6.61 Å². The van der Waals surface area contributed by atoms with Crippen molar-refractivity contribution in [3.63, 3.8) is 0 Å². The van der Waals surface area contributed by atoms with Gasteiger partial charge >= 0.3 is 0 Å². The van der Waals surface area contributed by atoms with Gasteiger partial charge < -0.3 is 21.0 Å². The maximum absolute atomic E-state index is 14.0. The summed E-state index contributed by atoms with van der Waals surface area (Å²) in [6.45, 7) is 1.24. The molecule has 114 valence electrons. The molecule has 2 atom stereocenters. The number of amidine groups is 1. The minimum absolute atomic E-state index is 0.0913. The quantitative estimate of drug-likeness (QED) is 0.333. The molecule has 0 radical (unpaired) electrons. The Kier molecular flexibility index (Phi) is 4.07. The van der Waals surface area contributed by atoms with E-state index in [1.165, 1.54) is 18.9 Å². The van der Waals surface area contributed by atoms with Gasteiger partial charge in [-0.25, -0.2) is 4.39 Å². The summed E-state index contributed by atoms with van der Waals surface area (Å²) in [5, 5.41) is 14.9. The smallest absolute Gasteiger partial charge is 0.170 e. The lowest BCUT2D eigenvalue weighted by atomic mass is 10.1. The van der Waals surface area contributed by atoms with Crippen LogP contribution < -0.4 is 11.1 Å². The van der Waals surface area contributed by atoms with E-state index in [0.29, 0.717) is 29.6 Å². The van der Waals surface area contributed by atoms with Crippen LogP contribution in [0.25, 0.3) is 0 Å². The number of ether oxygens (including phenoxy) is 1. The Balaban J connectivity index is 1.62. The SMILES string of the molecule is N/C(=N/O)c1ccc(CNC2CCOC2C2CC2)c(F)c1. The van der Waals surface area contributed by atoms with Crippen LogP contribution in [0.5, 0.6) is 0 Å². The molecule has 1 aliphatic carbocycles. The van der Waals surface area contributed by atoms with Gasteiger partial charge in [-0.15, -0.1) is 0 Å². The third-order valence-electron chi connectivity index (χ3n) is 4.23. The molecule has 1 aromatic carbocycles. The third-order valence-corrected chi connectivity index (χ3v) is 4.23. The van der Waals surface area contributed by atoms with Gasteiger partial charge in [0.25, 0.3) is 0 Å². The highest BCUT2D eigenvalue weighted by Gasteiger charge is 2.40. The number of benzene rings is 1. The van der Waals surface area contributed by atoms with E-state index in [4.69, 9.17) is 15.7 Å². The van der Waals surface area contributed by atoms with E-state index in [0.717, 1.165) is 13.0 Å². The van der Waals surface area contributed by atoms with Gasteiger partial charge in [-0.2, -0.15) is 0 Å². The number of halogens is 1.